The number of sulfonamides is 1. The summed E-state index contributed by atoms with van der Waals surface area (Å²) < 4.78 is 28.4. The summed E-state index contributed by atoms with van der Waals surface area (Å²) in [6.07, 6.45) is 3.23. The molecule has 4 rings (SSSR count). The van der Waals surface area contributed by atoms with Gasteiger partial charge in [-0.05, 0) is 60.2 Å². The molecule has 0 fully saturated rings. The van der Waals surface area contributed by atoms with E-state index in [1.165, 1.54) is 16.4 Å². The fourth-order valence-electron chi connectivity index (χ4n) is 3.54. The zero-order chi connectivity index (χ0) is 22.9. The van der Waals surface area contributed by atoms with Crippen molar-refractivity contribution in [2.45, 2.75) is 31.8 Å². The van der Waals surface area contributed by atoms with E-state index < -0.39 is 10.0 Å². The van der Waals surface area contributed by atoms with Crippen LogP contribution >= 0.6 is 11.6 Å². The third-order valence-corrected chi connectivity index (χ3v) is 7.57. The van der Waals surface area contributed by atoms with Crippen molar-refractivity contribution in [2.24, 2.45) is 0 Å². The van der Waals surface area contributed by atoms with E-state index in [2.05, 4.69) is 9.97 Å². The van der Waals surface area contributed by atoms with Crippen LogP contribution in [0, 0.1) is 13.8 Å². The highest BCUT2D eigenvalue weighted by Gasteiger charge is 2.26. The van der Waals surface area contributed by atoms with E-state index >= 15 is 0 Å². The van der Waals surface area contributed by atoms with E-state index in [0.29, 0.717) is 16.1 Å². The average molecular weight is 468 g/mol. The number of pyridine rings is 2. The van der Waals surface area contributed by atoms with Gasteiger partial charge in [-0.3, -0.25) is 9.78 Å². The van der Waals surface area contributed by atoms with Gasteiger partial charge in [0.25, 0.3) is 5.56 Å². The van der Waals surface area contributed by atoms with Crippen molar-refractivity contribution in [3.8, 4) is 0 Å². The second kappa shape index (κ2) is 8.86. The summed E-state index contributed by atoms with van der Waals surface area (Å²) in [6, 6.07) is 15.6. The molecule has 0 saturated carbocycles. The molecule has 0 atom stereocenters. The lowest BCUT2D eigenvalue weighted by Gasteiger charge is -2.22. The van der Waals surface area contributed by atoms with Crippen molar-refractivity contribution in [2.75, 3.05) is 0 Å². The minimum atomic E-state index is -3.95. The number of aromatic amines is 1. The van der Waals surface area contributed by atoms with Gasteiger partial charge in [0.15, 0.2) is 0 Å². The van der Waals surface area contributed by atoms with Crippen molar-refractivity contribution < 1.29 is 8.42 Å². The number of para-hydroxylation sites is 1. The van der Waals surface area contributed by atoms with Crippen molar-refractivity contribution in [3.63, 3.8) is 0 Å². The maximum absolute atomic E-state index is 13.6. The average Bonchev–Trinajstić information content (AvgIpc) is 2.77. The largest absolute Gasteiger partial charge is 0.321 e. The molecule has 0 radical (unpaired) electrons. The first-order chi connectivity index (χ1) is 15.3. The summed E-state index contributed by atoms with van der Waals surface area (Å²) in [5.74, 6) is 0. The van der Waals surface area contributed by atoms with Crippen LogP contribution in [0.4, 0.5) is 0 Å². The maximum atomic E-state index is 13.6. The van der Waals surface area contributed by atoms with Gasteiger partial charge in [-0.1, -0.05) is 41.9 Å². The lowest BCUT2D eigenvalue weighted by Crippen LogP contribution is -2.32. The van der Waals surface area contributed by atoms with Gasteiger partial charge >= 0.3 is 0 Å². The van der Waals surface area contributed by atoms with Crippen LogP contribution in [0.3, 0.4) is 0 Å². The van der Waals surface area contributed by atoms with Crippen LogP contribution < -0.4 is 5.56 Å². The number of halogens is 1. The Balaban J connectivity index is 1.79. The molecule has 0 aliphatic rings. The summed E-state index contributed by atoms with van der Waals surface area (Å²) in [6.45, 7) is 3.69. The molecular formula is C24H22ClN3O3S. The van der Waals surface area contributed by atoms with Gasteiger partial charge in [-0.25, -0.2) is 8.42 Å². The minimum Gasteiger partial charge on any atom is -0.321 e. The smallest absolute Gasteiger partial charge is 0.252 e. The van der Waals surface area contributed by atoms with E-state index in [1.54, 1.807) is 36.7 Å². The van der Waals surface area contributed by atoms with Crippen molar-refractivity contribution >= 4 is 32.5 Å². The van der Waals surface area contributed by atoms with Gasteiger partial charge in [-0.2, -0.15) is 4.31 Å². The van der Waals surface area contributed by atoms with E-state index in [1.807, 2.05) is 32.0 Å². The Morgan fingerprint density at radius 1 is 1.00 bits per heavy atom. The zero-order valence-corrected chi connectivity index (χ0v) is 19.2. The predicted octanol–water partition coefficient (Wildman–Crippen LogP) is 4.58. The number of aromatic nitrogens is 2. The first-order valence-electron chi connectivity index (χ1n) is 10.0. The Hall–Kier alpha value is -3.00. The van der Waals surface area contributed by atoms with E-state index in [0.717, 1.165) is 22.0 Å². The SMILES string of the molecule is Cc1ccc(S(=O)(=O)N(Cc2cccnc2)Cc2cc3cccc(C)c3[nH]c2=O)cc1Cl. The molecular weight excluding hydrogens is 446 g/mol. The summed E-state index contributed by atoms with van der Waals surface area (Å²) in [5, 5.41) is 1.21. The minimum absolute atomic E-state index is 0.0625. The van der Waals surface area contributed by atoms with Crippen LogP contribution in [-0.2, 0) is 23.1 Å². The number of nitrogens with zero attached hydrogens (tertiary/aromatic N) is 2. The molecule has 2 heterocycles. The van der Waals surface area contributed by atoms with Crippen molar-refractivity contribution in [3.05, 3.63) is 105 Å². The third kappa shape index (κ3) is 4.46. The van der Waals surface area contributed by atoms with E-state index in [-0.39, 0.29) is 23.5 Å². The molecule has 0 unspecified atom stereocenters. The molecule has 2 aromatic heterocycles. The lowest BCUT2D eigenvalue weighted by atomic mass is 10.1. The molecule has 0 spiro atoms. The second-order valence-electron chi connectivity index (χ2n) is 7.71. The molecule has 0 saturated heterocycles. The quantitative estimate of drug-likeness (QED) is 0.449. The Morgan fingerprint density at radius 3 is 2.53 bits per heavy atom. The van der Waals surface area contributed by atoms with Crippen LogP contribution in [0.1, 0.15) is 22.3 Å². The molecule has 1 N–H and O–H groups in total. The zero-order valence-electron chi connectivity index (χ0n) is 17.7. The Kier molecular flexibility index (Phi) is 6.15. The highest BCUT2D eigenvalue weighted by molar-refractivity contribution is 7.89. The van der Waals surface area contributed by atoms with Crippen LogP contribution in [0.5, 0.6) is 0 Å². The lowest BCUT2D eigenvalue weighted by molar-refractivity contribution is 0.399. The molecule has 0 aliphatic carbocycles. The fraction of sp³-hybridized carbons (Fsp3) is 0.167. The molecule has 6 nitrogen and oxygen atoms in total. The number of rotatable bonds is 6. The summed E-state index contributed by atoms with van der Waals surface area (Å²) >= 11 is 6.20. The first kappa shape index (κ1) is 22.2. The highest BCUT2D eigenvalue weighted by Crippen LogP contribution is 2.25. The van der Waals surface area contributed by atoms with Gasteiger partial charge in [0.05, 0.1) is 10.4 Å². The van der Waals surface area contributed by atoms with Gasteiger partial charge in [0.2, 0.25) is 10.0 Å². The van der Waals surface area contributed by atoms with Crippen molar-refractivity contribution in [1.82, 2.24) is 14.3 Å². The van der Waals surface area contributed by atoms with Crippen LogP contribution in [-0.4, -0.2) is 22.7 Å². The molecule has 0 aliphatic heterocycles. The molecule has 0 amide bonds. The third-order valence-electron chi connectivity index (χ3n) is 5.37. The number of H-pyrrole nitrogens is 1. The summed E-state index contributed by atoms with van der Waals surface area (Å²) in [5.41, 5.74) is 3.22. The molecule has 2 aromatic carbocycles. The van der Waals surface area contributed by atoms with Crippen LogP contribution in [0.2, 0.25) is 5.02 Å². The van der Waals surface area contributed by atoms with Gasteiger partial charge in [0.1, 0.15) is 0 Å². The Morgan fingerprint density at radius 2 is 1.81 bits per heavy atom. The number of nitrogens with one attached hydrogen (secondary N) is 1. The molecule has 164 valence electrons. The highest BCUT2D eigenvalue weighted by atomic mass is 35.5. The predicted molar refractivity (Wildman–Crippen MR) is 126 cm³/mol. The van der Waals surface area contributed by atoms with Crippen molar-refractivity contribution in [1.29, 1.82) is 0 Å². The van der Waals surface area contributed by atoms with Crippen LogP contribution in [0.25, 0.3) is 10.9 Å². The van der Waals surface area contributed by atoms with Gasteiger partial charge in [0, 0.05) is 36.1 Å². The molecule has 32 heavy (non-hydrogen) atoms. The molecule has 0 bridgehead atoms. The Labute approximate surface area is 191 Å². The normalized spacial score (nSPS) is 11.9. The van der Waals surface area contributed by atoms with Gasteiger partial charge < -0.3 is 4.98 Å². The van der Waals surface area contributed by atoms with Crippen LogP contribution in [0.15, 0.2) is 76.7 Å². The number of hydrogen-bond donors (Lipinski definition) is 1. The fourth-order valence-corrected chi connectivity index (χ4v) is 5.22. The number of aryl methyl sites for hydroxylation is 2. The number of benzene rings is 2. The maximum Gasteiger partial charge on any atom is 0.252 e. The molecule has 8 heteroatoms. The Bertz CT molecular complexity index is 1450. The summed E-state index contributed by atoms with van der Waals surface area (Å²) in [4.78, 5) is 19.9. The monoisotopic (exact) mass is 467 g/mol. The standard InChI is InChI=1S/C24H22ClN3O3S/c1-16-8-9-21(12-22(16)25)32(30,31)28(14-18-6-4-10-26-13-18)15-20-11-19-7-3-5-17(2)23(19)27-24(20)29/h3-13H,14-15H2,1-2H3,(H,27,29). The molecule has 4 aromatic rings. The summed E-state index contributed by atoms with van der Waals surface area (Å²) in [7, 11) is -3.95. The van der Waals surface area contributed by atoms with Gasteiger partial charge in [-0.15, -0.1) is 0 Å². The topological polar surface area (TPSA) is 83.1 Å². The first-order valence-corrected chi connectivity index (χ1v) is 11.8. The second-order valence-corrected chi connectivity index (χ2v) is 10.1. The number of fused-ring (bicyclic) bond motifs is 1. The van der Waals surface area contributed by atoms with E-state index in [9.17, 15) is 13.2 Å². The number of hydrogen-bond acceptors (Lipinski definition) is 4. The van der Waals surface area contributed by atoms with E-state index in [4.69, 9.17) is 11.6 Å².